The molecule has 0 aliphatic heterocycles. The highest BCUT2D eigenvalue weighted by Gasteiger charge is 2.26. The van der Waals surface area contributed by atoms with Crippen LogP contribution in [0.15, 0.2) is 82.2 Å². The molecule has 0 unspecified atom stereocenters. The van der Waals surface area contributed by atoms with Crippen molar-refractivity contribution >= 4 is 33.2 Å². The third kappa shape index (κ3) is 4.06. The molecule has 4 aromatic rings. The predicted molar refractivity (Wildman–Crippen MR) is 115 cm³/mol. The molecule has 152 valence electrons. The van der Waals surface area contributed by atoms with Crippen LogP contribution < -0.4 is 9.88 Å². The van der Waals surface area contributed by atoms with Crippen LogP contribution in [0.1, 0.15) is 0 Å². The summed E-state index contributed by atoms with van der Waals surface area (Å²) in [5, 5.41) is 10.3. The number of rotatable bonds is 5. The molecule has 0 aliphatic carbocycles. The second-order valence-electron chi connectivity index (χ2n) is 6.28. The normalized spacial score (nSPS) is 11.4. The van der Waals surface area contributed by atoms with E-state index in [0.29, 0.717) is 27.4 Å². The monoisotopic (exact) mass is 460 g/mol. The second-order valence-corrected chi connectivity index (χ2v) is 8.65. The maximum Gasteiger partial charge on any atom is 0.325 e. The van der Waals surface area contributed by atoms with Gasteiger partial charge in [-0.3, -0.25) is 0 Å². The van der Waals surface area contributed by atoms with Gasteiger partial charge in [-0.1, -0.05) is 76.9 Å². The van der Waals surface area contributed by atoms with E-state index in [1.807, 2.05) is 30.3 Å². The molecular weight excluding hydrogens is 447 g/mol. The van der Waals surface area contributed by atoms with Gasteiger partial charge in [0.05, 0.1) is 15.5 Å². The molecule has 1 aromatic heterocycles. The lowest BCUT2D eigenvalue weighted by Gasteiger charge is -2.10. The Morgan fingerprint density at radius 3 is 2.33 bits per heavy atom. The molecule has 0 atom stereocenters. The van der Waals surface area contributed by atoms with Crippen LogP contribution in [0.2, 0.25) is 10.0 Å². The Balaban J connectivity index is 1.95. The third-order valence-corrected chi connectivity index (χ3v) is 5.77. The molecule has 2 N–H and O–H groups in total. The minimum absolute atomic E-state index is 0.0332. The number of hydrogen-bond donors (Lipinski definition) is 1. The van der Waals surface area contributed by atoms with Crippen molar-refractivity contribution in [3.8, 4) is 34.1 Å². The van der Waals surface area contributed by atoms with E-state index in [1.54, 1.807) is 30.3 Å². The molecule has 0 radical (unpaired) electrons. The fourth-order valence-corrected chi connectivity index (χ4v) is 4.15. The Morgan fingerprint density at radius 2 is 1.63 bits per heavy atom. The first-order valence-corrected chi connectivity index (χ1v) is 10.9. The number of nitrogens with two attached hydrogens (primary N) is 1. The van der Waals surface area contributed by atoms with Crippen LogP contribution in [-0.4, -0.2) is 13.6 Å². The third-order valence-electron chi connectivity index (χ3n) is 4.27. The molecular formula is C21H14Cl2N2O4S. The highest BCUT2D eigenvalue weighted by molar-refractivity contribution is 7.89. The van der Waals surface area contributed by atoms with Crippen molar-refractivity contribution in [3.63, 3.8) is 0 Å². The number of primary sulfonamides is 1. The molecule has 9 heteroatoms. The Kier molecular flexibility index (Phi) is 5.53. The van der Waals surface area contributed by atoms with Gasteiger partial charge in [0.15, 0.2) is 0 Å². The van der Waals surface area contributed by atoms with Crippen molar-refractivity contribution in [1.82, 2.24) is 5.16 Å². The lowest BCUT2D eigenvalue weighted by molar-refractivity contribution is 0.292. The van der Waals surface area contributed by atoms with E-state index in [2.05, 4.69) is 5.16 Å². The van der Waals surface area contributed by atoms with Gasteiger partial charge in [0, 0.05) is 16.1 Å². The summed E-state index contributed by atoms with van der Waals surface area (Å²) in [4.78, 5) is -0.0857. The highest BCUT2D eigenvalue weighted by atomic mass is 35.5. The summed E-state index contributed by atoms with van der Waals surface area (Å²) in [6.45, 7) is 0. The molecule has 0 bridgehead atoms. The number of nitrogens with zero attached hydrogens (tertiary/aromatic N) is 1. The fraction of sp³-hybridized carbons (Fsp3) is 0. The number of halogens is 2. The zero-order valence-electron chi connectivity index (χ0n) is 15.2. The maximum atomic E-state index is 12.2. The first kappa shape index (κ1) is 20.4. The zero-order chi connectivity index (χ0) is 21.3. The number of hydrogen-bond acceptors (Lipinski definition) is 5. The summed E-state index contributed by atoms with van der Waals surface area (Å²) < 4.78 is 35.7. The lowest BCUT2D eigenvalue weighted by atomic mass is 10.0. The summed E-state index contributed by atoms with van der Waals surface area (Å²) in [7, 11) is -4.03. The van der Waals surface area contributed by atoms with Crippen LogP contribution in [0, 0.1) is 0 Å². The Morgan fingerprint density at radius 1 is 0.933 bits per heavy atom. The van der Waals surface area contributed by atoms with E-state index in [9.17, 15) is 8.42 Å². The van der Waals surface area contributed by atoms with Crippen LogP contribution in [-0.2, 0) is 10.0 Å². The number of ether oxygens (including phenoxy) is 1. The summed E-state index contributed by atoms with van der Waals surface area (Å²) in [6, 6.07) is 20.1. The molecule has 0 spiro atoms. The standard InChI is InChI=1S/C21H14Cl2N2O4S/c22-14-10-11-17(16(23)12-14)28-21-19(15-8-4-5-9-18(15)30(24,26)27)20(25-29-21)13-6-2-1-3-7-13/h1-12H,(H2,24,26,27). The quantitative estimate of drug-likeness (QED) is 0.408. The average molecular weight is 461 g/mol. The van der Waals surface area contributed by atoms with Crippen LogP contribution in [0.3, 0.4) is 0 Å². The highest BCUT2D eigenvalue weighted by Crippen LogP contribution is 2.44. The van der Waals surface area contributed by atoms with Gasteiger partial charge in [0.25, 0.3) is 0 Å². The minimum Gasteiger partial charge on any atom is -0.423 e. The molecule has 0 saturated carbocycles. The van der Waals surface area contributed by atoms with E-state index in [4.69, 9.17) is 37.6 Å². The summed E-state index contributed by atoms with van der Waals surface area (Å²) >= 11 is 12.2. The molecule has 0 fully saturated rings. The van der Waals surface area contributed by atoms with Gasteiger partial charge in [0.1, 0.15) is 11.4 Å². The van der Waals surface area contributed by atoms with Crippen molar-refractivity contribution in [1.29, 1.82) is 0 Å². The van der Waals surface area contributed by atoms with Crippen molar-refractivity contribution in [3.05, 3.63) is 82.8 Å². The van der Waals surface area contributed by atoms with Crippen molar-refractivity contribution < 1.29 is 17.7 Å². The summed E-state index contributed by atoms with van der Waals surface area (Å²) in [5.74, 6) is 0.236. The number of aromatic nitrogens is 1. The van der Waals surface area contributed by atoms with E-state index in [1.165, 1.54) is 12.1 Å². The maximum absolute atomic E-state index is 12.2. The molecule has 0 amide bonds. The van der Waals surface area contributed by atoms with Crippen LogP contribution in [0.4, 0.5) is 0 Å². The van der Waals surface area contributed by atoms with E-state index in [-0.39, 0.29) is 21.6 Å². The second kappa shape index (κ2) is 8.12. The molecule has 0 saturated heterocycles. The van der Waals surface area contributed by atoms with E-state index >= 15 is 0 Å². The topological polar surface area (TPSA) is 95.4 Å². The van der Waals surface area contributed by atoms with Gasteiger partial charge in [-0.25, -0.2) is 13.6 Å². The fourth-order valence-electron chi connectivity index (χ4n) is 2.95. The van der Waals surface area contributed by atoms with E-state index < -0.39 is 10.0 Å². The SMILES string of the molecule is NS(=O)(=O)c1ccccc1-c1c(-c2ccccc2)noc1Oc1ccc(Cl)cc1Cl. The van der Waals surface area contributed by atoms with Crippen molar-refractivity contribution in [2.45, 2.75) is 4.90 Å². The Bertz CT molecular complexity index is 1320. The Labute approximate surface area is 182 Å². The predicted octanol–water partition coefficient (Wildman–Crippen LogP) is 5.76. The molecule has 6 nitrogen and oxygen atoms in total. The number of benzene rings is 3. The zero-order valence-corrected chi connectivity index (χ0v) is 17.6. The van der Waals surface area contributed by atoms with Crippen molar-refractivity contribution in [2.75, 3.05) is 0 Å². The van der Waals surface area contributed by atoms with Gasteiger partial charge >= 0.3 is 5.95 Å². The Hall–Kier alpha value is -2.84. The summed E-state index contributed by atoms with van der Waals surface area (Å²) in [6.07, 6.45) is 0. The van der Waals surface area contributed by atoms with Gasteiger partial charge in [-0.05, 0) is 24.3 Å². The van der Waals surface area contributed by atoms with E-state index in [0.717, 1.165) is 0 Å². The lowest BCUT2D eigenvalue weighted by Crippen LogP contribution is -2.13. The number of sulfonamides is 1. The van der Waals surface area contributed by atoms with Gasteiger partial charge in [0.2, 0.25) is 10.0 Å². The molecule has 3 aromatic carbocycles. The largest absolute Gasteiger partial charge is 0.423 e. The van der Waals surface area contributed by atoms with Crippen LogP contribution in [0.5, 0.6) is 11.7 Å². The van der Waals surface area contributed by atoms with Gasteiger partial charge in [-0.15, -0.1) is 0 Å². The van der Waals surface area contributed by atoms with Gasteiger partial charge < -0.3 is 9.26 Å². The molecule has 1 heterocycles. The van der Waals surface area contributed by atoms with Crippen LogP contribution in [0.25, 0.3) is 22.4 Å². The van der Waals surface area contributed by atoms with Crippen molar-refractivity contribution in [2.24, 2.45) is 5.14 Å². The molecule has 0 aliphatic rings. The van der Waals surface area contributed by atoms with Gasteiger partial charge in [-0.2, -0.15) is 0 Å². The van der Waals surface area contributed by atoms with Crippen LogP contribution >= 0.6 is 23.2 Å². The molecule has 4 rings (SSSR count). The average Bonchev–Trinajstić information content (AvgIpc) is 3.13. The minimum atomic E-state index is -4.03. The summed E-state index contributed by atoms with van der Waals surface area (Å²) in [5.41, 5.74) is 1.72. The smallest absolute Gasteiger partial charge is 0.325 e. The first-order valence-electron chi connectivity index (χ1n) is 8.65. The first-order chi connectivity index (χ1) is 14.3. The molecule has 30 heavy (non-hydrogen) atoms.